The highest BCUT2D eigenvalue weighted by molar-refractivity contribution is 6.30. The Balaban J connectivity index is 1.55. The summed E-state index contributed by atoms with van der Waals surface area (Å²) < 4.78 is 27.8. The highest BCUT2D eigenvalue weighted by atomic mass is 35.5. The van der Waals surface area contributed by atoms with E-state index in [0.29, 0.717) is 11.1 Å². The van der Waals surface area contributed by atoms with Crippen molar-refractivity contribution in [3.8, 4) is 0 Å². The Bertz CT molecular complexity index is 693. The monoisotopic (exact) mass is 325 g/mol. The molecule has 1 fully saturated rings. The van der Waals surface area contributed by atoms with Crippen LogP contribution in [0.2, 0.25) is 5.15 Å². The third kappa shape index (κ3) is 3.01. The van der Waals surface area contributed by atoms with Gasteiger partial charge in [0.2, 0.25) is 0 Å². The third-order valence-electron chi connectivity index (χ3n) is 4.19. The fraction of sp³-hybridized carbons (Fsp3) is 0.438. The second-order valence-electron chi connectivity index (χ2n) is 5.99. The molecule has 3 rings (SSSR count). The van der Waals surface area contributed by atoms with Gasteiger partial charge in [-0.25, -0.2) is 8.78 Å². The number of hydrogen-bond acceptors (Lipinski definition) is 2. The second-order valence-corrected chi connectivity index (χ2v) is 6.35. The summed E-state index contributed by atoms with van der Waals surface area (Å²) in [7, 11) is 1.83. The van der Waals surface area contributed by atoms with Crippen molar-refractivity contribution < 1.29 is 8.78 Å². The summed E-state index contributed by atoms with van der Waals surface area (Å²) in [5.41, 5.74) is 2.87. The molecule has 1 aromatic carbocycles. The minimum absolute atomic E-state index is 0.473. The fourth-order valence-corrected chi connectivity index (χ4v) is 3.25. The molecule has 118 valence electrons. The molecule has 0 bridgehead atoms. The van der Waals surface area contributed by atoms with E-state index in [2.05, 4.69) is 10.00 Å². The van der Waals surface area contributed by atoms with Gasteiger partial charge in [-0.1, -0.05) is 17.7 Å². The molecule has 0 radical (unpaired) electrons. The van der Waals surface area contributed by atoms with E-state index < -0.39 is 11.6 Å². The first-order valence-corrected chi connectivity index (χ1v) is 7.66. The van der Waals surface area contributed by atoms with E-state index in [1.54, 1.807) is 10.7 Å². The summed E-state index contributed by atoms with van der Waals surface area (Å²) in [5, 5.41) is 4.99. The van der Waals surface area contributed by atoms with Gasteiger partial charge in [-0.05, 0) is 37.0 Å². The van der Waals surface area contributed by atoms with Gasteiger partial charge in [-0.15, -0.1) is 0 Å². The molecule has 3 nitrogen and oxygen atoms in total. The van der Waals surface area contributed by atoms with E-state index in [4.69, 9.17) is 11.6 Å². The molecule has 1 aliphatic rings. The Morgan fingerprint density at radius 3 is 2.59 bits per heavy atom. The summed E-state index contributed by atoms with van der Waals surface area (Å²) >= 11 is 6.23. The zero-order chi connectivity index (χ0) is 15.9. The molecule has 0 unspecified atom stereocenters. The van der Waals surface area contributed by atoms with Crippen molar-refractivity contribution in [2.75, 3.05) is 13.1 Å². The molecular formula is C16H18ClF2N3. The molecular weight excluding hydrogens is 308 g/mol. The third-order valence-corrected chi connectivity index (χ3v) is 4.67. The van der Waals surface area contributed by atoms with E-state index in [1.165, 1.54) is 12.1 Å². The van der Waals surface area contributed by atoms with Crippen LogP contribution in [-0.4, -0.2) is 27.8 Å². The number of likely N-dealkylation sites (tertiary alicyclic amines) is 1. The van der Waals surface area contributed by atoms with Gasteiger partial charge < -0.3 is 0 Å². The van der Waals surface area contributed by atoms with E-state index in [0.717, 1.165) is 42.9 Å². The average molecular weight is 326 g/mol. The number of hydrogen-bond donors (Lipinski definition) is 0. The van der Waals surface area contributed by atoms with Crippen LogP contribution in [-0.2, 0) is 20.0 Å². The van der Waals surface area contributed by atoms with Crippen molar-refractivity contribution in [1.29, 1.82) is 0 Å². The molecule has 0 N–H and O–H groups in total. The lowest BCUT2D eigenvalue weighted by molar-refractivity contribution is 0.0923. The topological polar surface area (TPSA) is 21.1 Å². The minimum Gasteiger partial charge on any atom is -0.298 e. The quantitative estimate of drug-likeness (QED) is 0.859. The highest BCUT2D eigenvalue weighted by Gasteiger charge is 2.28. The molecule has 22 heavy (non-hydrogen) atoms. The number of rotatable bonds is 4. The zero-order valence-electron chi connectivity index (χ0n) is 12.6. The average Bonchev–Trinajstić information content (AvgIpc) is 2.66. The van der Waals surface area contributed by atoms with Gasteiger partial charge in [-0.3, -0.25) is 9.58 Å². The van der Waals surface area contributed by atoms with Crippen molar-refractivity contribution in [3.05, 3.63) is 51.8 Å². The largest absolute Gasteiger partial charge is 0.298 e. The Morgan fingerprint density at radius 1 is 1.27 bits per heavy atom. The van der Waals surface area contributed by atoms with E-state index in [1.807, 2.05) is 14.0 Å². The van der Waals surface area contributed by atoms with Crippen LogP contribution in [0.1, 0.15) is 16.8 Å². The Morgan fingerprint density at radius 2 is 2.00 bits per heavy atom. The van der Waals surface area contributed by atoms with Gasteiger partial charge >= 0.3 is 0 Å². The van der Waals surface area contributed by atoms with Crippen LogP contribution in [0.5, 0.6) is 0 Å². The van der Waals surface area contributed by atoms with Crippen LogP contribution in [0.4, 0.5) is 8.78 Å². The maximum absolute atomic E-state index is 13.2. The van der Waals surface area contributed by atoms with Crippen molar-refractivity contribution in [2.45, 2.75) is 19.9 Å². The first kappa shape index (κ1) is 15.4. The maximum atomic E-state index is 13.2. The Labute approximate surface area is 133 Å². The normalized spacial score (nSPS) is 16.0. The van der Waals surface area contributed by atoms with Crippen LogP contribution in [0.15, 0.2) is 18.2 Å². The lowest BCUT2D eigenvalue weighted by Crippen LogP contribution is -2.46. The van der Waals surface area contributed by atoms with Crippen LogP contribution in [0.3, 0.4) is 0 Å². The SMILES string of the molecule is Cc1nn(C)c(Cl)c1CN1CC(Cc2ccc(F)c(F)c2)C1. The maximum Gasteiger partial charge on any atom is 0.159 e. The number of halogens is 3. The minimum atomic E-state index is -0.791. The van der Waals surface area contributed by atoms with Gasteiger partial charge in [0.25, 0.3) is 0 Å². The molecule has 0 saturated carbocycles. The number of aryl methyl sites for hydroxylation is 2. The zero-order valence-corrected chi connectivity index (χ0v) is 13.4. The number of aromatic nitrogens is 2. The molecule has 0 amide bonds. The molecule has 2 heterocycles. The smallest absolute Gasteiger partial charge is 0.159 e. The summed E-state index contributed by atoms with van der Waals surface area (Å²) in [6.07, 6.45) is 0.771. The lowest BCUT2D eigenvalue weighted by atomic mass is 9.91. The predicted octanol–water partition coefficient (Wildman–Crippen LogP) is 3.33. The number of nitrogens with zero attached hydrogens (tertiary/aromatic N) is 3. The van der Waals surface area contributed by atoms with Crippen molar-refractivity contribution in [3.63, 3.8) is 0 Å². The van der Waals surface area contributed by atoms with Crippen LogP contribution >= 0.6 is 11.6 Å². The van der Waals surface area contributed by atoms with Gasteiger partial charge in [0, 0.05) is 32.2 Å². The summed E-state index contributed by atoms with van der Waals surface area (Å²) in [4.78, 5) is 2.29. The van der Waals surface area contributed by atoms with Gasteiger partial charge in [0.05, 0.1) is 5.69 Å². The van der Waals surface area contributed by atoms with Crippen molar-refractivity contribution in [1.82, 2.24) is 14.7 Å². The molecule has 1 saturated heterocycles. The summed E-state index contributed by atoms with van der Waals surface area (Å²) in [6.45, 7) is 4.61. The molecule has 1 aromatic heterocycles. The molecule has 0 aliphatic carbocycles. The van der Waals surface area contributed by atoms with Gasteiger partial charge in [-0.2, -0.15) is 5.10 Å². The molecule has 6 heteroatoms. The molecule has 0 atom stereocenters. The Hall–Kier alpha value is -1.46. The highest BCUT2D eigenvalue weighted by Crippen LogP contribution is 2.27. The first-order valence-electron chi connectivity index (χ1n) is 7.28. The van der Waals surface area contributed by atoms with E-state index in [-0.39, 0.29) is 0 Å². The molecule has 0 spiro atoms. The van der Waals surface area contributed by atoms with Gasteiger partial charge in [0.1, 0.15) is 5.15 Å². The van der Waals surface area contributed by atoms with Gasteiger partial charge in [0.15, 0.2) is 11.6 Å². The fourth-order valence-electron chi connectivity index (χ4n) is 3.01. The summed E-state index contributed by atoms with van der Waals surface area (Å²) in [6, 6.07) is 4.14. The predicted molar refractivity (Wildman–Crippen MR) is 81.8 cm³/mol. The number of benzene rings is 1. The van der Waals surface area contributed by atoms with Crippen molar-refractivity contribution in [2.24, 2.45) is 13.0 Å². The standard InChI is InChI=1S/C16H18ClF2N3/c1-10-13(16(17)21(2)20-10)9-22-7-12(8-22)5-11-3-4-14(18)15(19)6-11/h3-4,6,12H,5,7-9H2,1-2H3. The molecule has 1 aliphatic heterocycles. The molecule has 2 aromatic rings. The van der Waals surface area contributed by atoms with E-state index in [9.17, 15) is 8.78 Å². The van der Waals surface area contributed by atoms with Crippen LogP contribution in [0.25, 0.3) is 0 Å². The first-order chi connectivity index (χ1) is 10.4. The van der Waals surface area contributed by atoms with Crippen LogP contribution < -0.4 is 0 Å². The van der Waals surface area contributed by atoms with E-state index >= 15 is 0 Å². The van der Waals surface area contributed by atoms with Crippen molar-refractivity contribution >= 4 is 11.6 Å². The summed E-state index contributed by atoms with van der Waals surface area (Å²) in [5.74, 6) is -1.09. The lowest BCUT2D eigenvalue weighted by Gasteiger charge is -2.39. The van der Waals surface area contributed by atoms with Crippen LogP contribution in [0, 0.1) is 24.5 Å². The Kier molecular flexibility index (Phi) is 4.19. The second kappa shape index (κ2) is 5.97.